The number of hydrazone groups is 1. The van der Waals surface area contributed by atoms with Gasteiger partial charge in [0.05, 0.1) is 6.21 Å². The average Bonchev–Trinajstić information content (AvgIpc) is 3.02. The van der Waals surface area contributed by atoms with Crippen molar-refractivity contribution in [2.75, 3.05) is 6.79 Å². The summed E-state index contributed by atoms with van der Waals surface area (Å²) < 4.78 is 10.6. The first-order valence-electron chi connectivity index (χ1n) is 6.82. The maximum Gasteiger partial charge on any atom is 0.231 e. The summed E-state index contributed by atoms with van der Waals surface area (Å²) in [6.45, 7) is 0.924. The van der Waals surface area contributed by atoms with Crippen LogP contribution in [0, 0.1) is 0 Å². The van der Waals surface area contributed by atoms with Crippen LogP contribution in [0.25, 0.3) is 0 Å². The molecule has 0 aromatic heterocycles. The SMILES string of the molecule is S=C(NCc1ccccc1)N/N=C/c1ccc2c(c1)OCO2. The lowest BCUT2D eigenvalue weighted by Gasteiger charge is -2.06. The number of rotatable bonds is 4. The molecule has 2 N–H and O–H groups in total. The van der Waals surface area contributed by atoms with Crippen LogP contribution >= 0.6 is 12.2 Å². The first kappa shape index (κ1) is 14.3. The molecular weight excluding hydrogens is 298 g/mol. The molecule has 0 aliphatic carbocycles. The highest BCUT2D eigenvalue weighted by Crippen LogP contribution is 2.31. The normalized spacial score (nSPS) is 12.4. The third-order valence-corrected chi connectivity index (χ3v) is 3.31. The third kappa shape index (κ3) is 3.73. The Labute approximate surface area is 133 Å². The predicted molar refractivity (Wildman–Crippen MR) is 89.2 cm³/mol. The van der Waals surface area contributed by atoms with Gasteiger partial charge in [0.2, 0.25) is 6.79 Å². The Morgan fingerprint density at radius 2 is 1.95 bits per heavy atom. The van der Waals surface area contributed by atoms with Crippen LogP contribution in [0.5, 0.6) is 11.5 Å². The number of hydrogen-bond donors (Lipinski definition) is 2. The lowest BCUT2D eigenvalue weighted by molar-refractivity contribution is 0.174. The highest BCUT2D eigenvalue weighted by Gasteiger charge is 2.12. The third-order valence-electron chi connectivity index (χ3n) is 3.07. The molecular formula is C16H15N3O2S. The van der Waals surface area contributed by atoms with E-state index in [4.69, 9.17) is 21.7 Å². The predicted octanol–water partition coefficient (Wildman–Crippen LogP) is 2.41. The Bertz CT molecular complexity index is 689. The number of hydrogen-bond acceptors (Lipinski definition) is 4. The molecule has 0 spiro atoms. The van der Waals surface area contributed by atoms with Gasteiger partial charge in [-0.05, 0) is 41.5 Å². The van der Waals surface area contributed by atoms with Gasteiger partial charge in [0.25, 0.3) is 0 Å². The Kier molecular flexibility index (Phi) is 4.50. The Morgan fingerprint density at radius 1 is 1.14 bits per heavy atom. The number of nitrogens with zero attached hydrogens (tertiary/aromatic N) is 1. The van der Waals surface area contributed by atoms with E-state index in [1.54, 1.807) is 6.21 Å². The van der Waals surface area contributed by atoms with Gasteiger partial charge in [0, 0.05) is 6.54 Å². The summed E-state index contributed by atoms with van der Waals surface area (Å²) in [6, 6.07) is 15.7. The van der Waals surface area contributed by atoms with Crippen molar-refractivity contribution < 1.29 is 9.47 Å². The lowest BCUT2D eigenvalue weighted by atomic mass is 10.2. The number of fused-ring (bicyclic) bond motifs is 1. The maximum absolute atomic E-state index is 5.31. The molecule has 22 heavy (non-hydrogen) atoms. The summed E-state index contributed by atoms with van der Waals surface area (Å²) in [6.07, 6.45) is 1.68. The van der Waals surface area contributed by atoms with Gasteiger partial charge < -0.3 is 14.8 Å². The van der Waals surface area contributed by atoms with E-state index in [-0.39, 0.29) is 6.79 Å². The second kappa shape index (κ2) is 6.91. The molecule has 1 heterocycles. The number of ether oxygens (including phenoxy) is 2. The molecule has 1 aliphatic rings. The first-order chi connectivity index (χ1) is 10.8. The molecule has 2 aromatic rings. The highest BCUT2D eigenvalue weighted by molar-refractivity contribution is 7.80. The molecule has 1 aliphatic heterocycles. The van der Waals surface area contributed by atoms with Crippen molar-refractivity contribution in [2.45, 2.75) is 6.54 Å². The first-order valence-corrected chi connectivity index (χ1v) is 7.22. The van der Waals surface area contributed by atoms with Crippen LogP contribution in [0.4, 0.5) is 0 Å². The zero-order chi connectivity index (χ0) is 15.2. The van der Waals surface area contributed by atoms with Gasteiger partial charge in [-0.2, -0.15) is 5.10 Å². The monoisotopic (exact) mass is 313 g/mol. The molecule has 0 saturated carbocycles. The van der Waals surface area contributed by atoms with E-state index in [9.17, 15) is 0 Å². The molecule has 3 rings (SSSR count). The van der Waals surface area contributed by atoms with Crippen LogP contribution in [-0.2, 0) is 6.54 Å². The second-order valence-electron chi connectivity index (χ2n) is 4.65. The Balaban J connectivity index is 1.48. The molecule has 0 unspecified atom stereocenters. The standard InChI is InChI=1S/C16H15N3O2S/c22-16(17-9-12-4-2-1-3-5-12)19-18-10-13-6-7-14-15(8-13)21-11-20-14/h1-8,10H,9,11H2,(H2,17,19,22)/b18-10+. The number of nitrogens with one attached hydrogen (secondary N) is 2. The van der Waals surface area contributed by atoms with Crippen LogP contribution in [-0.4, -0.2) is 18.1 Å². The zero-order valence-electron chi connectivity index (χ0n) is 11.8. The summed E-state index contributed by atoms with van der Waals surface area (Å²) in [4.78, 5) is 0. The van der Waals surface area contributed by atoms with Crippen molar-refractivity contribution in [1.29, 1.82) is 0 Å². The molecule has 0 amide bonds. The molecule has 0 saturated heterocycles. The molecule has 0 fully saturated rings. The van der Waals surface area contributed by atoms with E-state index in [1.807, 2.05) is 48.5 Å². The van der Waals surface area contributed by atoms with Crippen molar-refractivity contribution in [3.05, 3.63) is 59.7 Å². The summed E-state index contributed by atoms with van der Waals surface area (Å²) in [5.41, 5.74) is 4.85. The Morgan fingerprint density at radius 3 is 2.82 bits per heavy atom. The van der Waals surface area contributed by atoms with Gasteiger partial charge >= 0.3 is 0 Å². The van der Waals surface area contributed by atoms with E-state index in [2.05, 4.69) is 15.8 Å². The van der Waals surface area contributed by atoms with Crippen molar-refractivity contribution >= 4 is 23.5 Å². The van der Waals surface area contributed by atoms with Crippen molar-refractivity contribution in [2.24, 2.45) is 5.10 Å². The smallest absolute Gasteiger partial charge is 0.231 e. The van der Waals surface area contributed by atoms with Gasteiger partial charge in [-0.3, -0.25) is 5.43 Å². The van der Waals surface area contributed by atoms with Crippen LogP contribution < -0.4 is 20.2 Å². The molecule has 0 radical (unpaired) electrons. The zero-order valence-corrected chi connectivity index (χ0v) is 12.6. The minimum absolute atomic E-state index is 0.266. The summed E-state index contributed by atoms with van der Waals surface area (Å²) >= 11 is 5.17. The maximum atomic E-state index is 5.31. The van der Waals surface area contributed by atoms with Crippen molar-refractivity contribution in [1.82, 2.24) is 10.7 Å². The van der Waals surface area contributed by atoms with Crippen molar-refractivity contribution in [3.63, 3.8) is 0 Å². The fourth-order valence-electron chi connectivity index (χ4n) is 1.98. The molecule has 112 valence electrons. The van der Waals surface area contributed by atoms with Gasteiger partial charge in [-0.15, -0.1) is 0 Å². The molecule has 6 heteroatoms. The second-order valence-corrected chi connectivity index (χ2v) is 5.06. The molecule has 0 bridgehead atoms. The molecule has 5 nitrogen and oxygen atoms in total. The quantitative estimate of drug-likeness (QED) is 0.516. The summed E-state index contributed by atoms with van der Waals surface area (Å²) in [7, 11) is 0. The van der Waals surface area contributed by atoms with E-state index in [0.717, 1.165) is 22.6 Å². The number of thiocarbonyl (C=S) groups is 1. The fraction of sp³-hybridized carbons (Fsp3) is 0.125. The van der Waals surface area contributed by atoms with Gasteiger partial charge in [-0.1, -0.05) is 30.3 Å². The largest absolute Gasteiger partial charge is 0.454 e. The van der Waals surface area contributed by atoms with E-state index >= 15 is 0 Å². The summed E-state index contributed by atoms with van der Waals surface area (Å²) in [5, 5.41) is 7.67. The Hall–Kier alpha value is -2.60. The van der Waals surface area contributed by atoms with Crippen LogP contribution in [0.1, 0.15) is 11.1 Å². The van der Waals surface area contributed by atoms with Crippen LogP contribution in [0.3, 0.4) is 0 Å². The van der Waals surface area contributed by atoms with E-state index in [1.165, 1.54) is 0 Å². The van der Waals surface area contributed by atoms with Crippen molar-refractivity contribution in [3.8, 4) is 11.5 Å². The number of benzene rings is 2. The van der Waals surface area contributed by atoms with Gasteiger partial charge in [-0.25, -0.2) is 0 Å². The fourth-order valence-corrected chi connectivity index (χ4v) is 2.10. The minimum atomic E-state index is 0.266. The average molecular weight is 313 g/mol. The molecule has 0 atom stereocenters. The van der Waals surface area contributed by atoms with Gasteiger partial charge in [0.15, 0.2) is 16.6 Å². The van der Waals surface area contributed by atoms with Gasteiger partial charge in [0.1, 0.15) is 0 Å². The summed E-state index contributed by atoms with van der Waals surface area (Å²) in [5.74, 6) is 1.49. The topological polar surface area (TPSA) is 54.9 Å². The highest BCUT2D eigenvalue weighted by atomic mass is 32.1. The minimum Gasteiger partial charge on any atom is -0.454 e. The van der Waals surface area contributed by atoms with E-state index in [0.29, 0.717) is 11.7 Å². The molecule has 2 aromatic carbocycles. The van der Waals surface area contributed by atoms with E-state index < -0.39 is 0 Å². The van der Waals surface area contributed by atoms with Crippen LogP contribution in [0.15, 0.2) is 53.6 Å². The van der Waals surface area contributed by atoms with Crippen LogP contribution in [0.2, 0.25) is 0 Å². The lowest BCUT2D eigenvalue weighted by Crippen LogP contribution is -2.31.